The molecule has 0 atom stereocenters. The van der Waals surface area contributed by atoms with Crippen molar-refractivity contribution in [3.8, 4) is 0 Å². The van der Waals surface area contributed by atoms with Gasteiger partial charge in [-0.3, -0.25) is 9.58 Å². The summed E-state index contributed by atoms with van der Waals surface area (Å²) in [6, 6.07) is 4.72. The molecule has 0 aliphatic carbocycles. The first-order valence-electron chi connectivity index (χ1n) is 8.26. The van der Waals surface area contributed by atoms with Crippen LogP contribution in [0.4, 0.5) is 23.4 Å². The minimum absolute atomic E-state index is 0.231. The van der Waals surface area contributed by atoms with E-state index in [1.54, 1.807) is 10.9 Å². The lowest BCUT2D eigenvalue weighted by molar-refractivity contribution is 0.182. The van der Waals surface area contributed by atoms with Crippen LogP contribution in [-0.4, -0.2) is 49.8 Å². The van der Waals surface area contributed by atoms with E-state index in [1.165, 1.54) is 0 Å². The Balaban J connectivity index is 1.99. The van der Waals surface area contributed by atoms with Gasteiger partial charge in [-0.05, 0) is 27.7 Å². The number of anilines is 4. The summed E-state index contributed by atoms with van der Waals surface area (Å²) < 4.78 is 1.73. The molecule has 0 aliphatic heterocycles. The van der Waals surface area contributed by atoms with Crippen LogP contribution in [0.15, 0.2) is 18.3 Å². The fourth-order valence-corrected chi connectivity index (χ4v) is 2.67. The van der Waals surface area contributed by atoms with Crippen molar-refractivity contribution in [2.75, 3.05) is 29.5 Å². The second-order valence-electron chi connectivity index (χ2n) is 6.31. The van der Waals surface area contributed by atoms with Gasteiger partial charge in [0.1, 0.15) is 17.5 Å². The predicted molar refractivity (Wildman–Crippen MR) is 98.4 cm³/mol. The lowest BCUT2D eigenvalue weighted by Crippen LogP contribution is -2.40. The van der Waals surface area contributed by atoms with Gasteiger partial charge in [0.2, 0.25) is 5.95 Å². The Morgan fingerprint density at radius 2 is 1.83 bits per heavy atom. The maximum atomic E-state index is 5.82. The SMILES string of the molecule is CC(C)N(CCNc1cc(Nc2ccnn2C)nc(N)n1)C(C)C. The molecule has 2 aromatic rings. The normalized spacial score (nSPS) is 11.5. The zero-order valence-corrected chi connectivity index (χ0v) is 15.1. The summed E-state index contributed by atoms with van der Waals surface area (Å²) >= 11 is 0. The number of hydrogen-bond acceptors (Lipinski definition) is 7. The number of rotatable bonds is 8. The molecule has 2 heterocycles. The van der Waals surface area contributed by atoms with Gasteiger partial charge in [-0.1, -0.05) is 0 Å². The molecular weight excluding hydrogens is 304 g/mol. The van der Waals surface area contributed by atoms with Gasteiger partial charge in [-0.15, -0.1) is 0 Å². The molecule has 0 spiro atoms. The van der Waals surface area contributed by atoms with E-state index in [0.29, 0.717) is 23.7 Å². The van der Waals surface area contributed by atoms with Gasteiger partial charge in [-0.25, -0.2) is 0 Å². The molecule has 0 fully saturated rings. The highest BCUT2D eigenvalue weighted by atomic mass is 15.3. The Morgan fingerprint density at radius 1 is 1.17 bits per heavy atom. The fourth-order valence-electron chi connectivity index (χ4n) is 2.67. The first-order valence-corrected chi connectivity index (χ1v) is 8.26. The minimum Gasteiger partial charge on any atom is -0.369 e. The van der Waals surface area contributed by atoms with Crippen molar-refractivity contribution in [2.45, 2.75) is 39.8 Å². The maximum Gasteiger partial charge on any atom is 0.223 e. The zero-order chi connectivity index (χ0) is 17.7. The number of aromatic nitrogens is 4. The molecule has 0 saturated carbocycles. The van der Waals surface area contributed by atoms with Gasteiger partial charge in [0.25, 0.3) is 0 Å². The van der Waals surface area contributed by atoms with E-state index in [0.717, 1.165) is 18.9 Å². The average Bonchev–Trinajstić information content (AvgIpc) is 2.87. The summed E-state index contributed by atoms with van der Waals surface area (Å²) in [5, 5.41) is 10.6. The summed E-state index contributed by atoms with van der Waals surface area (Å²) in [7, 11) is 1.86. The zero-order valence-electron chi connectivity index (χ0n) is 15.1. The molecule has 4 N–H and O–H groups in total. The number of aryl methyl sites for hydroxylation is 1. The number of nitrogen functional groups attached to an aromatic ring is 1. The van der Waals surface area contributed by atoms with Crippen LogP contribution in [0.25, 0.3) is 0 Å². The smallest absolute Gasteiger partial charge is 0.223 e. The van der Waals surface area contributed by atoms with Crippen LogP contribution >= 0.6 is 0 Å². The number of nitrogens with one attached hydrogen (secondary N) is 2. The standard InChI is InChI=1S/C16H28N8/c1-11(2)24(12(3)4)9-8-18-13-10-14(22-16(17)21-13)20-15-6-7-19-23(15)5/h6-7,10-12H,8-9H2,1-5H3,(H4,17,18,20,21,22). The molecule has 0 bridgehead atoms. The molecular formula is C16H28N8. The van der Waals surface area contributed by atoms with E-state index >= 15 is 0 Å². The summed E-state index contributed by atoms with van der Waals surface area (Å²) in [6.45, 7) is 10.6. The van der Waals surface area contributed by atoms with Gasteiger partial charge in [0.15, 0.2) is 0 Å². The molecule has 0 radical (unpaired) electrons. The molecule has 132 valence electrons. The monoisotopic (exact) mass is 332 g/mol. The Labute approximate surface area is 143 Å². The molecule has 0 aliphatic rings. The van der Waals surface area contributed by atoms with Crippen LogP contribution in [0.5, 0.6) is 0 Å². The Bertz CT molecular complexity index is 641. The Hall–Kier alpha value is -2.35. The van der Waals surface area contributed by atoms with Crippen LogP contribution < -0.4 is 16.4 Å². The van der Waals surface area contributed by atoms with Gasteiger partial charge in [0.05, 0.1) is 6.20 Å². The topological polar surface area (TPSA) is 96.9 Å². The second-order valence-corrected chi connectivity index (χ2v) is 6.31. The van der Waals surface area contributed by atoms with Crippen molar-refractivity contribution < 1.29 is 0 Å². The number of nitrogens with two attached hydrogens (primary N) is 1. The predicted octanol–water partition coefficient (Wildman–Crippen LogP) is 2.07. The van der Waals surface area contributed by atoms with E-state index in [4.69, 9.17) is 5.73 Å². The number of hydrogen-bond donors (Lipinski definition) is 3. The number of nitrogens with zero attached hydrogens (tertiary/aromatic N) is 5. The van der Waals surface area contributed by atoms with Crippen LogP contribution in [0.1, 0.15) is 27.7 Å². The van der Waals surface area contributed by atoms with Crippen LogP contribution in [0.2, 0.25) is 0 Å². The van der Waals surface area contributed by atoms with Crippen molar-refractivity contribution >= 4 is 23.4 Å². The molecule has 0 aromatic carbocycles. The van der Waals surface area contributed by atoms with Gasteiger partial charge >= 0.3 is 0 Å². The maximum absolute atomic E-state index is 5.82. The Morgan fingerprint density at radius 3 is 2.42 bits per heavy atom. The quantitative estimate of drug-likeness (QED) is 0.681. The van der Waals surface area contributed by atoms with Crippen LogP contribution in [0.3, 0.4) is 0 Å². The van der Waals surface area contributed by atoms with Gasteiger partial charge < -0.3 is 16.4 Å². The third kappa shape index (κ3) is 4.82. The van der Waals surface area contributed by atoms with Crippen molar-refractivity contribution in [3.63, 3.8) is 0 Å². The molecule has 8 heteroatoms. The highest BCUT2D eigenvalue weighted by Crippen LogP contribution is 2.17. The molecule has 2 aromatic heterocycles. The van der Waals surface area contributed by atoms with Crippen molar-refractivity contribution in [1.82, 2.24) is 24.6 Å². The average molecular weight is 332 g/mol. The fraction of sp³-hybridized carbons (Fsp3) is 0.562. The highest BCUT2D eigenvalue weighted by Gasteiger charge is 2.12. The van der Waals surface area contributed by atoms with Crippen LogP contribution in [0, 0.1) is 0 Å². The second kappa shape index (κ2) is 7.96. The third-order valence-corrected chi connectivity index (χ3v) is 3.82. The van der Waals surface area contributed by atoms with Crippen molar-refractivity contribution in [1.29, 1.82) is 0 Å². The van der Waals surface area contributed by atoms with E-state index in [2.05, 4.69) is 58.3 Å². The van der Waals surface area contributed by atoms with E-state index < -0.39 is 0 Å². The van der Waals surface area contributed by atoms with Crippen molar-refractivity contribution in [3.05, 3.63) is 18.3 Å². The van der Waals surface area contributed by atoms with E-state index in [9.17, 15) is 0 Å². The van der Waals surface area contributed by atoms with E-state index in [1.807, 2.05) is 19.2 Å². The third-order valence-electron chi connectivity index (χ3n) is 3.82. The summed E-state index contributed by atoms with van der Waals surface area (Å²) in [5.41, 5.74) is 5.82. The van der Waals surface area contributed by atoms with Crippen LogP contribution in [-0.2, 0) is 7.05 Å². The molecule has 2 rings (SSSR count). The Kier molecular flexibility index (Phi) is 5.97. The lowest BCUT2D eigenvalue weighted by Gasteiger charge is -2.30. The first kappa shape index (κ1) is 18.0. The summed E-state index contributed by atoms with van der Waals surface area (Å²) in [5.74, 6) is 2.41. The van der Waals surface area contributed by atoms with Gasteiger partial charge in [-0.2, -0.15) is 15.1 Å². The highest BCUT2D eigenvalue weighted by molar-refractivity contribution is 5.58. The molecule has 8 nitrogen and oxygen atoms in total. The summed E-state index contributed by atoms with van der Waals surface area (Å²) in [4.78, 5) is 10.9. The molecule has 24 heavy (non-hydrogen) atoms. The van der Waals surface area contributed by atoms with Crippen molar-refractivity contribution in [2.24, 2.45) is 7.05 Å². The minimum atomic E-state index is 0.231. The molecule has 0 saturated heterocycles. The summed E-state index contributed by atoms with van der Waals surface area (Å²) in [6.07, 6.45) is 1.72. The first-order chi connectivity index (χ1) is 11.4. The lowest BCUT2D eigenvalue weighted by atomic mass is 10.2. The largest absolute Gasteiger partial charge is 0.369 e. The van der Waals surface area contributed by atoms with E-state index in [-0.39, 0.29) is 5.95 Å². The molecule has 0 unspecified atom stereocenters. The molecule has 0 amide bonds. The van der Waals surface area contributed by atoms with Gasteiger partial charge in [0, 0.05) is 44.4 Å².